The van der Waals surface area contributed by atoms with Crippen LogP contribution in [0, 0.1) is 0 Å². The minimum absolute atomic E-state index is 0.0374. The van der Waals surface area contributed by atoms with E-state index in [1.54, 1.807) is 25.1 Å². The number of amides is 1. The van der Waals surface area contributed by atoms with Crippen LogP contribution in [0.3, 0.4) is 0 Å². The van der Waals surface area contributed by atoms with Crippen molar-refractivity contribution < 1.29 is 28.2 Å². The SMILES string of the molecule is CCCC1=C[C@@](O)(C(F)(F)F)N(C(=O)[C@@H](O)c2ccccc2)N1. The number of nitrogens with one attached hydrogen (secondary N) is 1. The van der Waals surface area contributed by atoms with Gasteiger partial charge in [0.1, 0.15) is 0 Å². The molecule has 2 rings (SSSR count). The van der Waals surface area contributed by atoms with Crippen molar-refractivity contribution in [1.82, 2.24) is 10.4 Å². The lowest BCUT2D eigenvalue weighted by Crippen LogP contribution is -2.61. The Hall–Kier alpha value is -2.06. The summed E-state index contributed by atoms with van der Waals surface area (Å²) < 4.78 is 39.7. The normalized spacial score (nSPS) is 22.5. The number of benzene rings is 1. The first-order valence-electron chi connectivity index (χ1n) is 7.05. The maximum Gasteiger partial charge on any atom is 0.442 e. The fourth-order valence-electron chi connectivity index (χ4n) is 2.30. The summed E-state index contributed by atoms with van der Waals surface area (Å²) in [4.78, 5) is 12.3. The number of carbonyl (C=O) groups is 1. The number of nitrogens with zero attached hydrogens (tertiary/aromatic N) is 1. The lowest BCUT2D eigenvalue weighted by Gasteiger charge is -2.34. The molecule has 0 aliphatic carbocycles. The average molecular weight is 330 g/mol. The molecule has 1 aromatic carbocycles. The molecule has 0 saturated carbocycles. The number of rotatable bonds is 4. The molecule has 0 aromatic heterocycles. The molecule has 1 aromatic rings. The molecule has 0 saturated heterocycles. The Balaban J connectivity index is 2.32. The standard InChI is InChI=1S/C15H17F3N2O3/c1-2-6-11-9-14(23,15(16,17)18)20(19-11)13(22)12(21)10-7-4-3-5-8-10/h3-5,7-9,12,19,21,23H,2,6H2,1H3/t12-,14+/m0/s1. The van der Waals surface area contributed by atoms with Crippen molar-refractivity contribution in [2.45, 2.75) is 37.8 Å². The summed E-state index contributed by atoms with van der Waals surface area (Å²) >= 11 is 0. The smallest absolute Gasteiger partial charge is 0.378 e. The van der Waals surface area contributed by atoms with E-state index in [0.29, 0.717) is 12.5 Å². The van der Waals surface area contributed by atoms with E-state index >= 15 is 0 Å². The molecule has 0 bridgehead atoms. The minimum Gasteiger partial charge on any atom is -0.378 e. The predicted molar refractivity (Wildman–Crippen MR) is 75.4 cm³/mol. The molecule has 0 radical (unpaired) electrons. The molecule has 1 aliphatic rings. The number of hydrogen-bond donors (Lipinski definition) is 3. The van der Waals surface area contributed by atoms with Gasteiger partial charge in [0.2, 0.25) is 0 Å². The van der Waals surface area contributed by atoms with Gasteiger partial charge in [0, 0.05) is 5.70 Å². The summed E-state index contributed by atoms with van der Waals surface area (Å²) in [6.07, 6.45) is -5.63. The molecule has 1 heterocycles. The molecule has 126 valence electrons. The largest absolute Gasteiger partial charge is 0.442 e. The number of hydrazine groups is 1. The number of aliphatic hydroxyl groups excluding tert-OH is 1. The van der Waals surface area contributed by atoms with Crippen LogP contribution >= 0.6 is 0 Å². The Kier molecular flexibility index (Phi) is 4.67. The summed E-state index contributed by atoms with van der Waals surface area (Å²) in [5.74, 6) is -1.29. The van der Waals surface area contributed by atoms with Gasteiger partial charge in [-0.15, -0.1) is 0 Å². The van der Waals surface area contributed by atoms with E-state index in [1.165, 1.54) is 12.1 Å². The van der Waals surface area contributed by atoms with E-state index < -0.39 is 23.9 Å². The highest BCUT2D eigenvalue weighted by molar-refractivity contribution is 5.83. The zero-order chi connectivity index (χ0) is 17.3. The molecular weight excluding hydrogens is 313 g/mol. The number of halogens is 3. The van der Waals surface area contributed by atoms with Crippen LogP contribution in [-0.4, -0.2) is 33.0 Å². The van der Waals surface area contributed by atoms with Crippen LogP contribution in [0.2, 0.25) is 0 Å². The molecule has 8 heteroatoms. The van der Waals surface area contributed by atoms with Gasteiger partial charge >= 0.3 is 6.18 Å². The van der Waals surface area contributed by atoms with Crippen LogP contribution in [0.4, 0.5) is 13.2 Å². The number of alkyl halides is 3. The number of hydrogen-bond acceptors (Lipinski definition) is 4. The lowest BCUT2D eigenvalue weighted by molar-refractivity contribution is -0.290. The zero-order valence-electron chi connectivity index (χ0n) is 12.3. The van der Waals surface area contributed by atoms with E-state index in [2.05, 4.69) is 5.43 Å². The van der Waals surface area contributed by atoms with E-state index in [1.807, 2.05) is 0 Å². The molecular formula is C15H17F3N2O3. The maximum absolute atomic E-state index is 13.2. The monoisotopic (exact) mass is 330 g/mol. The van der Waals surface area contributed by atoms with Crippen molar-refractivity contribution >= 4 is 5.91 Å². The maximum atomic E-state index is 13.2. The third kappa shape index (κ3) is 3.18. The Morgan fingerprint density at radius 3 is 2.48 bits per heavy atom. The van der Waals surface area contributed by atoms with Crippen molar-refractivity contribution in [2.24, 2.45) is 0 Å². The molecule has 2 atom stereocenters. The van der Waals surface area contributed by atoms with E-state index in [9.17, 15) is 28.2 Å². The third-order valence-electron chi connectivity index (χ3n) is 3.48. The van der Waals surface area contributed by atoms with Gasteiger partial charge in [-0.3, -0.25) is 10.2 Å². The molecule has 23 heavy (non-hydrogen) atoms. The minimum atomic E-state index is -5.11. The first-order chi connectivity index (χ1) is 10.7. The van der Waals surface area contributed by atoms with Crippen LogP contribution in [-0.2, 0) is 4.79 Å². The molecule has 0 fully saturated rings. The highest BCUT2D eigenvalue weighted by atomic mass is 19.4. The fraction of sp³-hybridized carbons (Fsp3) is 0.400. The van der Waals surface area contributed by atoms with Crippen LogP contribution in [0.1, 0.15) is 31.4 Å². The van der Waals surface area contributed by atoms with Gasteiger partial charge in [-0.25, -0.2) is 5.01 Å². The van der Waals surface area contributed by atoms with Gasteiger partial charge in [0.15, 0.2) is 6.10 Å². The van der Waals surface area contributed by atoms with Crippen LogP contribution < -0.4 is 5.43 Å². The summed E-state index contributed by atoms with van der Waals surface area (Å²) in [6, 6.07) is 7.54. The summed E-state index contributed by atoms with van der Waals surface area (Å²) in [7, 11) is 0. The second-order valence-corrected chi connectivity index (χ2v) is 5.24. The number of aliphatic hydroxyl groups is 2. The van der Waals surface area contributed by atoms with Crippen molar-refractivity contribution in [2.75, 3.05) is 0 Å². The molecule has 1 amide bonds. The van der Waals surface area contributed by atoms with Gasteiger partial charge in [-0.2, -0.15) is 13.2 Å². The summed E-state index contributed by atoms with van der Waals surface area (Å²) in [5, 5.41) is 20.0. The molecule has 5 nitrogen and oxygen atoms in total. The van der Waals surface area contributed by atoms with Gasteiger partial charge in [-0.1, -0.05) is 43.7 Å². The van der Waals surface area contributed by atoms with E-state index in [4.69, 9.17) is 0 Å². The van der Waals surface area contributed by atoms with E-state index in [0.717, 1.165) is 0 Å². The van der Waals surface area contributed by atoms with Crippen molar-refractivity contribution in [3.8, 4) is 0 Å². The fourth-order valence-corrected chi connectivity index (χ4v) is 2.30. The van der Waals surface area contributed by atoms with Crippen molar-refractivity contribution in [3.05, 3.63) is 47.7 Å². The first-order valence-corrected chi connectivity index (χ1v) is 7.05. The van der Waals surface area contributed by atoms with Crippen LogP contribution in [0.5, 0.6) is 0 Å². The highest BCUT2D eigenvalue weighted by Gasteiger charge is 2.62. The Morgan fingerprint density at radius 2 is 1.96 bits per heavy atom. The lowest BCUT2D eigenvalue weighted by atomic mass is 10.1. The molecule has 1 aliphatic heterocycles. The van der Waals surface area contributed by atoms with Crippen molar-refractivity contribution in [3.63, 3.8) is 0 Å². The first kappa shape index (κ1) is 17.3. The van der Waals surface area contributed by atoms with Gasteiger partial charge in [0.05, 0.1) is 0 Å². The number of allylic oxidation sites excluding steroid dienone is 1. The second-order valence-electron chi connectivity index (χ2n) is 5.24. The summed E-state index contributed by atoms with van der Waals surface area (Å²) in [5.41, 5.74) is -1.04. The van der Waals surface area contributed by atoms with Crippen LogP contribution in [0.15, 0.2) is 42.1 Å². The quantitative estimate of drug-likeness (QED) is 0.790. The third-order valence-corrected chi connectivity index (χ3v) is 3.48. The Morgan fingerprint density at radius 1 is 1.35 bits per heavy atom. The van der Waals surface area contributed by atoms with Gasteiger partial charge in [0.25, 0.3) is 11.6 Å². The van der Waals surface area contributed by atoms with Gasteiger partial charge in [-0.05, 0) is 18.1 Å². The second kappa shape index (κ2) is 6.21. The van der Waals surface area contributed by atoms with E-state index in [-0.39, 0.29) is 22.7 Å². The topological polar surface area (TPSA) is 72.8 Å². The molecule has 3 N–H and O–H groups in total. The zero-order valence-corrected chi connectivity index (χ0v) is 12.3. The Labute approximate surface area is 131 Å². The Bertz CT molecular complexity index is 604. The van der Waals surface area contributed by atoms with Crippen molar-refractivity contribution in [1.29, 1.82) is 0 Å². The summed E-state index contributed by atoms with van der Waals surface area (Å²) in [6.45, 7) is 1.75. The predicted octanol–water partition coefficient (Wildman–Crippen LogP) is 2.00. The number of carbonyl (C=O) groups excluding carboxylic acids is 1. The average Bonchev–Trinajstić information content (AvgIpc) is 2.85. The molecule has 0 spiro atoms. The van der Waals surface area contributed by atoms with Crippen LogP contribution in [0.25, 0.3) is 0 Å². The van der Waals surface area contributed by atoms with Gasteiger partial charge < -0.3 is 10.2 Å². The molecule has 0 unspecified atom stereocenters. The highest BCUT2D eigenvalue weighted by Crippen LogP contribution is 2.39.